The first-order valence-electron chi connectivity index (χ1n) is 13.0. The minimum absolute atomic E-state index is 0.0984. The van der Waals surface area contributed by atoms with E-state index < -0.39 is 6.03 Å². The maximum absolute atomic E-state index is 12.3. The third kappa shape index (κ3) is 3.64. The second-order valence-electron chi connectivity index (χ2n) is 10.5. The lowest BCUT2D eigenvalue weighted by atomic mass is 9.85. The maximum Gasteiger partial charge on any atom is 0.341 e. The molecule has 37 heavy (non-hydrogen) atoms. The van der Waals surface area contributed by atoms with E-state index in [1.807, 2.05) is 59.2 Å². The number of hydroxylamine groups is 1. The zero-order valence-electron chi connectivity index (χ0n) is 20.4. The summed E-state index contributed by atoms with van der Waals surface area (Å²) in [5.74, 6) is 1.30. The van der Waals surface area contributed by atoms with Crippen molar-refractivity contribution >= 4 is 17.5 Å². The Labute approximate surface area is 214 Å². The topological polar surface area (TPSA) is 122 Å². The van der Waals surface area contributed by atoms with Gasteiger partial charge < -0.3 is 10.6 Å². The van der Waals surface area contributed by atoms with Gasteiger partial charge in [-0.05, 0) is 50.5 Å². The van der Waals surface area contributed by atoms with Gasteiger partial charge >= 0.3 is 6.03 Å². The number of nitrogens with one attached hydrogen (secondary N) is 1. The molecule has 9 nitrogen and oxygen atoms in total. The lowest BCUT2D eigenvalue weighted by Crippen LogP contribution is -2.49. The number of hydrogen-bond acceptors (Lipinski definition) is 6. The van der Waals surface area contributed by atoms with Gasteiger partial charge in [0.15, 0.2) is 5.65 Å². The number of urea groups is 1. The molecule has 0 radical (unpaired) electrons. The number of nitrogens with two attached hydrogens (primary N) is 1. The predicted octanol–water partition coefficient (Wildman–Crippen LogP) is 4.73. The molecule has 3 aliphatic rings. The quantitative estimate of drug-likeness (QED) is 0.278. The van der Waals surface area contributed by atoms with Crippen molar-refractivity contribution in [3.05, 3.63) is 66.1 Å². The highest BCUT2D eigenvalue weighted by Crippen LogP contribution is 2.50. The van der Waals surface area contributed by atoms with Crippen LogP contribution in [0.3, 0.4) is 0 Å². The highest BCUT2D eigenvalue weighted by atomic mass is 16.5. The summed E-state index contributed by atoms with van der Waals surface area (Å²) >= 11 is 0. The minimum atomic E-state index is -0.402. The first kappa shape index (κ1) is 22.2. The van der Waals surface area contributed by atoms with Crippen molar-refractivity contribution in [2.24, 2.45) is 0 Å². The van der Waals surface area contributed by atoms with Crippen LogP contribution in [0.2, 0.25) is 0 Å². The number of amides is 2. The molecule has 9 heteroatoms. The van der Waals surface area contributed by atoms with Gasteiger partial charge in [0.2, 0.25) is 0 Å². The molecule has 1 aliphatic carbocycles. The standard InChI is InChI=1S/C28H29N7O2/c29-26-24(17-6-7-17)25(19-12-20-9-10-21(13-19)34(20)28(36)33-37)32-27-22(15-31-35(26)27)18-8-11-23(30-14-18)16-4-2-1-3-5-16/h1-5,8,11,14-15,17,19-21,37H,6-7,9-10,12-13,29H2,(H,33,36)/t19-,20-,21+. The van der Waals surface area contributed by atoms with Crippen molar-refractivity contribution in [3.8, 4) is 22.4 Å². The maximum atomic E-state index is 12.3. The zero-order chi connectivity index (χ0) is 25.1. The third-order valence-corrected chi connectivity index (χ3v) is 8.33. The van der Waals surface area contributed by atoms with Gasteiger partial charge in [-0.3, -0.25) is 10.2 Å². The van der Waals surface area contributed by atoms with Crippen LogP contribution in [-0.2, 0) is 0 Å². The van der Waals surface area contributed by atoms with E-state index in [-0.39, 0.29) is 18.0 Å². The first-order chi connectivity index (χ1) is 18.1. The van der Waals surface area contributed by atoms with Crippen molar-refractivity contribution in [3.63, 3.8) is 0 Å². The van der Waals surface area contributed by atoms with E-state index in [0.29, 0.717) is 11.7 Å². The molecule has 2 amide bonds. The Morgan fingerprint density at radius 1 is 0.946 bits per heavy atom. The number of anilines is 1. The molecule has 4 N–H and O–H groups in total. The van der Waals surface area contributed by atoms with E-state index in [4.69, 9.17) is 15.7 Å². The Kier molecular flexibility index (Phi) is 5.14. The lowest BCUT2D eigenvalue weighted by molar-refractivity contribution is 0.0931. The molecule has 2 saturated heterocycles. The van der Waals surface area contributed by atoms with Crippen molar-refractivity contribution in [1.29, 1.82) is 0 Å². The largest absolute Gasteiger partial charge is 0.383 e. The summed E-state index contributed by atoms with van der Waals surface area (Å²) in [7, 11) is 0. The van der Waals surface area contributed by atoms with Gasteiger partial charge in [-0.2, -0.15) is 9.61 Å². The fourth-order valence-corrected chi connectivity index (χ4v) is 6.47. The van der Waals surface area contributed by atoms with Crippen LogP contribution < -0.4 is 11.2 Å². The van der Waals surface area contributed by atoms with Crippen LogP contribution in [-0.4, -0.2) is 47.8 Å². The molecule has 1 saturated carbocycles. The van der Waals surface area contributed by atoms with E-state index in [1.54, 1.807) is 4.52 Å². The number of hydrogen-bond donors (Lipinski definition) is 3. The average Bonchev–Trinajstić information content (AvgIpc) is 3.62. The van der Waals surface area contributed by atoms with E-state index in [1.165, 1.54) is 0 Å². The molecule has 188 valence electrons. The summed E-state index contributed by atoms with van der Waals surface area (Å²) < 4.78 is 1.78. The molecular weight excluding hydrogens is 466 g/mol. The van der Waals surface area contributed by atoms with Gasteiger partial charge in [-0.25, -0.2) is 15.3 Å². The Bertz CT molecular complexity index is 1470. The summed E-state index contributed by atoms with van der Waals surface area (Å²) in [5.41, 5.74) is 15.4. The summed E-state index contributed by atoms with van der Waals surface area (Å²) in [4.78, 5) is 24.0. The van der Waals surface area contributed by atoms with E-state index >= 15 is 0 Å². The molecule has 2 aliphatic heterocycles. The predicted molar refractivity (Wildman–Crippen MR) is 139 cm³/mol. The van der Waals surface area contributed by atoms with Gasteiger partial charge in [0, 0.05) is 46.5 Å². The normalized spacial score (nSPS) is 22.9. The number of benzene rings is 1. The number of piperidine rings is 1. The molecule has 4 aromatic rings. The van der Waals surface area contributed by atoms with Gasteiger partial charge in [0.25, 0.3) is 0 Å². The van der Waals surface area contributed by atoms with Crippen LogP contribution >= 0.6 is 0 Å². The molecule has 3 atom stereocenters. The number of fused-ring (bicyclic) bond motifs is 3. The highest BCUT2D eigenvalue weighted by molar-refractivity contribution is 5.79. The van der Waals surface area contributed by atoms with Crippen LogP contribution in [0.5, 0.6) is 0 Å². The third-order valence-electron chi connectivity index (χ3n) is 8.33. The fraction of sp³-hybridized carbons (Fsp3) is 0.357. The lowest BCUT2D eigenvalue weighted by Gasteiger charge is -2.38. The van der Waals surface area contributed by atoms with Gasteiger partial charge in [0.05, 0.1) is 17.6 Å². The van der Waals surface area contributed by atoms with Crippen LogP contribution in [0.1, 0.15) is 61.6 Å². The van der Waals surface area contributed by atoms with Crippen LogP contribution in [0.15, 0.2) is 54.9 Å². The summed E-state index contributed by atoms with van der Waals surface area (Å²) in [5, 5.41) is 13.9. The van der Waals surface area contributed by atoms with Gasteiger partial charge in [-0.1, -0.05) is 36.4 Å². The van der Waals surface area contributed by atoms with Gasteiger partial charge in [0.1, 0.15) is 5.82 Å². The fourth-order valence-electron chi connectivity index (χ4n) is 6.47. The molecule has 0 unspecified atom stereocenters. The summed E-state index contributed by atoms with van der Waals surface area (Å²) in [6, 6.07) is 14.0. The number of pyridine rings is 1. The molecule has 2 bridgehead atoms. The van der Waals surface area contributed by atoms with Crippen molar-refractivity contribution < 1.29 is 10.0 Å². The van der Waals surface area contributed by atoms with Crippen molar-refractivity contribution in [2.45, 2.75) is 62.4 Å². The van der Waals surface area contributed by atoms with E-state index in [2.05, 4.69) is 11.2 Å². The number of carbonyl (C=O) groups is 1. The molecular formula is C28H29N7O2. The molecule has 1 aromatic carbocycles. The monoisotopic (exact) mass is 495 g/mol. The van der Waals surface area contributed by atoms with E-state index in [9.17, 15) is 10.0 Å². The zero-order valence-corrected chi connectivity index (χ0v) is 20.4. The Balaban J connectivity index is 1.28. The average molecular weight is 496 g/mol. The molecule has 0 spiro atoms. The molecule has 5 heterocycles. The minimum Gasteiger partial charge on any atom is -0.383 e. The Morgan fingerprint density at radius 3 is 2.35 bits per heavy atom. The smallest absolute Gasteiger partial charge is 0.341 e. The van der Waals surface area contributed by atoms with Crippen LogP contribution in [0.4, 0.5) is 10.6 Å². The second kappa shape index (κ2) is 8.55. The summed E-state index contributed by atoms with van der Waals surface area (Å²) in [6.07, 6.45) is 9.47. The van der Waals surface area contributed by atoms with Crippen LogP contribution in [0.25, 0.3) is 28.0 Å². The number of aromatic nitrogens is 4. The number of rotatable bonds is 4. The van der Waals surface area contributed by atoms with Crippen molar-refractivity contribution in [2.75, 3.05) is 5.73 Å². The van der Waals surface area contributed by atoms with Gasteiger partial charge in [-0.15, -0.1) is 0 Å². The van der Waals surface area contributed by atoms with Crippen molar-refractivity contribution in [1.82, 2.24) is 30.0 Å². The second-order valence-corrected chi connectivity index (χ2v) is 10.5. The summed E-state index contributed by atoms with van der Waals surface area (Å²) in [6.45, 7) is 0. The Hall–Kier alpha value is -3.98. The first-order valence-corrected chi connectivity index (χ1v) is 13.0. The SMILES string of the molecule is Nc1c(C2CC2)c([C@@H]2C[C@H]3CC[C@@H](C2)N3C(=O)NO)nc2c(-c3ccc(-c4ccccc4)nc3)cnn12. The van der Waals surface area contributed by atoms with Crippen LogP contribution in [0, 0.1) is 0 Å². The number of nitrogens with zero attached hydrogens (tertiary/aromatic N) is 5. The Morgan fingerprint density at radius 2 is 1.70 bits per heavy atom. The number of nitrogen functional groups attached to an aromatic ring is 1. The molecule has 3 aromatic heterocycles. The van der Waals surface area contributed by atoms with E-state index in [0.717, 1.165) is 77.8 Å². The highest BCUT2D eigenvalue weighted by Gasteiger charge is 2.45. The molecule has 7 rings (SSSR count). The number of carbonyl (C=O) groups excluding carboxylic acids is 1. The molecule has 3 fully saturated rings.